The third-order valence-corrected chi connectivity index (χ3v) is 3.32. The van der Waals surface area contributed by atoms with Crippen molar-refractivity contribution in [3.8, 4) is 0 Å². The number of thiazole rings is 1. The highest BCUT2D eigenvalue weighted by atomic mass is 32.1. The number of hydrogen-bond acceptors (Lipinski definition) is 4. The average molecular weight is 265 g/mol. The van der Waals surface area contributed by atoms with Gasteiger partial charge in [-0.3, -0.25) is 4.79 Å². The van der Waals surface area contributed by atoms with Crippen molar-refractivity contribution in [3.63, 3.8) is 0 Å². The Bertz CT molecular complexity index is 570. The molecule has 2 rings (SSSR count). The summed E-state index contributed by atoms with van der Waals surface area (Å²) in [5.41, 5.74) is 6.26. The van der Waals surface area contributed by atoms with Crippen LogP contribution in [0.3, 0.4) is 0 Å². The molecule has 0 aliphatic rings. The van der Waals surface area contributed by atoms with E-state index in [0.717, 1.165) is 0 Å². The number of nitrogens with two attached hydrogens (primary N) is 1. The fourth-order valence-electron chi connectivity index (χ4n) is 1.48. The third kappa shape index (κ3) is 2.55. The van der Waals surface area contributed by atoms with Gasteiger partial charge in [-0.25, -0.2) is 9.37 Å². The van der Waals surface area contributed by atoms with Gasteiger partial charge in [0.15, 0.2) is 0 Å². The summed E-state index contributed by atoms with van der Waals surface area (Å²) >= 11 is 1.34. The van der Waals surface area contributed by atoms with Crippen LogP contribution in [0.1, 0.15) is 15.5 Å². The van der Waals surface area contributed by atoms with Crippen LogP contribution in [0.15, 0.2) is 29.6 Å². The number of rotatable bonds is 3. The molecule has 4 nitrogen and oxygen atoms in total. The molecule has 0 saturated heterocycles. The van der Waals surface area contributed by atoms with Crippen LogP contribution in [0.2, 0.25) is 0 Å². The summed E-state index contributed by atoms with van der Waals surface area (Å²) in [5.74, 6) is -0.662. The first kappa shape index (κ1) is 12.7. The molecule has 0 unspecified atom stereocenters. The van der Waals surface area contributed by atoms with Crippen LogP contribution in [0.25, 0.3) is 0 Å². The van der Waals surface area contributed by atoms with Crippen LogP contribution < -0.4 is 10.6 Å². The highest BCUT2D eigenvalue weighted by Crippen LogP contribution is 2.17. The maximum absolute atomic E-state index is 13.1. The maximum Gasteiger partial charge on any atom is 0.277 e. The lowest BCUT2D eigenvalue weighted by molar-refractivity contribution is 0.0989. The zero-order chi connectivity index (χ0) is 13.1. The number of carbonyl (C=O) groups is 1. The molecule has 6 heteroatoms. The minimum atomic E-state index is -0.381. The van der Waals surface area contributed by atoms with Gasteiger partial charge in [-0.15, -0.1) is 11.3 Å². The van der Waals surface area contributed by atoms with Crippen LogP contribution in [0, 0.1) is 5.82 Å². The van der Waals surface area contributed by atoms with Crippen LogP contribution in [0.4, 0.5) is 10.1 Å². The number of amides is 1. The fraction of sp³-hybridized carbons (Fsp3) is 0.167. The molecule has 94 valence electrons. The van der Waals surface area contributed by atoms with Gasteiger partial charge in [-0.2, -0.15) is 0 Å². The predicted molar refractivity (Wildman–Crippen MR) is 69.1 cm³/mol. The van der Waals surface area contributed by atoms with E-state index in [-0.39, 0.29) is 11.7 Å². The van der Waals surface area contributed by atoms with Gasteiger partial charge in [0.1, 0.15) is 16.5 Å². The van der Waals surface area contributed by atoms with Gasteiger partial charge < -0.3 is 10.6 Å². The first-order chi connectivity index (χ1) is 8.61. The number of hydrogen-bond donors (Lipinski definition) is 1. The van der Waals surface area contributed by atoms with Gasteiger partial charge in [-0.1, -0.05) is 6.07 Å². The molecule has 0 bridgehead atoms. The molecule has 2 N–H and O–H groups in total. The number of halogens is 1. The summed E-state index contributed by atoms with van der Waals surface area (Å²) < 4.78 is 13.1. The molecule has 0 aliphatic carbocycles. The van der Waals surface area contributed by atoms with Crippen LogP contribution >= 0.6 is 11.3 Å². The number of benzene rings is 1. The summed E-state index contributed by atoms with van der Waals surface area (Å²) in [6, 6.07) is 5.85. The second-order valence-corrected chi connectivity index (χ2v) is 4.62. The Kier molecular flexibility index (Phi) is 3.69. The molecule has 0 saturated carbocycles. The number of nitrogens with zero attached hydrogens (tertiary/aromatic N) is 2. The van der Waals surface area contributed by atoms with Crippen LogP contribution in [0.5, 0.6) is 0 Å². The van der Waals surface area contributed by atoms with E-state index in [9.17, 15) is 9.18 Å². The molecule has 0 spiro atoms. The smallest absolute Gasteiger partial charge is 0.277 e. The first-order valence-corrected chi connectivity index (χ1v) is 6.18. The fourth-order valence-corrected chi connectivity index (χ4v) is 2.13. The van der Waals surface area contributed by atoms with Crippen molar-refractivity contribution >= 4 is 22.9 Å². The quantitative estimate of drug-likeness (QED) is 0.923. The first-order valence-electron chi connectivity index (χ1n) is 5.30. The van der Waals surface area contributed by atoms with Gasteiger partial charge in [-0.05, 0) is 18.2 Å². The molecule has 0 atom stereocenters. The van der Waals surface area contributed by atoms with Crippen LogP contribution in [-0.2, 0) is 6.54 Å². The van der Waals surface area contributed by atoms with Gasteiger partial charge in [0.05, 0.1) is 0 Å². The Morgan fingerprint density at radius 3 is 2.94 bits per heavy atom. The average Bonchev–Trinajstić information content (AvgIpc) is 2.85. The normalized spacial score (nSPS) is 10.4. The van der Waals surface area contributed by atoms with E-state index >= 15 is 0 Å². The van der Waals surface area contributed by atoms with Gasteiger partial charge in [0.25, 0.3) is 5.91 Å². The maximum atomic E-state index is 13.1. The van der Waals surface area contributed by atoms with Crippen molar-refractivity contribution in [1.29, 1.82) is 0 Å². The van der Waals surface area contributed by atoms with E-state index in [1.165, 1.54) is 28.4 Å². The summed E-state index contributed by atoms with van der Waals surface area (Å²) in [6.07, 6.45) is 0. The molecule has 1 amide bonds. The number of aromatic nitrogens is 1. The van der Waals surface area contributed by atoms with E-state index in [0.29, 0.717) is 22.9 Å². The molecule has 1 aromatic heterocycles. The third-order valence-electron chi connectivity index (χ3n) is 2.45. The van der Waals surface area contributed by atoms with Crippen molar-refractivity contribution in [3.05, 3.63) is 46.2 Å². The highest BCUT2D eigenvalue weighted by molar-refractivity contribution is 7.09. The summed E-state index contributed by atoms with van der Waals surface area (Å²) in [5, 5.41) is 2.35. The van der Waals surface area contributed by atoms with Gasteiger partial charge in [0.2, 0.25) is 0 Å². The molecule has 1 heterocycles. The topological polar surface area (TPSA) is 59.2 Å². The molecular formula is C12H12FN3OS. The lowest BCUT2D eigenvalue weighted by Crippen LogP contribution is -2.26. The molecule has 0 radical (unpaired) electrons. The van der Waals surface area contributed by atoms with E-state index < -0.39 is 0 Å². The van der Waals surface area contributed by atoms with E-state index in [4.69, 9.17) is 5.73 Å². The van der Waals surface area contributed by atoms with E-state index in [2.05, 4.69) is 4.98 Å². The summed E-state index contributed by atoms with van der Waals surface area (Å²) in [4.78, 5) is 17.6. The number of anilines is 1. The lowest BCUT2D eigenvalue weighted by atomic mass is 10.2. The second kappa shape index (κ2) is 5.24. The molecule has 2 aromatic rings. The predicted octanol–water partition coefficient (Wildman–Crippen LogP) is 2.02. The molecule has 0 fully saturated rings. The largest absolute Gasteiger partial charge is 0.325 e. The number of carbonyl (C=O) groups excluding carboxylic acids is 1. The second-order valence-electron chi connectivity index (χ2n) is 3.67. The lowest BCUT2D eigenvalue weighted by Gasteiger charge is -2.15. The monoisotopic (exact) mass is 265 g/mol. The van der Waals surface area contributed by atoms with Crippen molar-refractivity contribution < 1.29 is 9.18 Å². The Labute approximate surface area is 108 Å². The SMILES string of the molecule is CN(C(=O)c1csc(CN)n1)c1cccc(F)c1. The van der Waals surface area contributed by atoms with E-state index in [1.54, 1.807) is 24.6 Å². The zero-order valence-corrected chi connectivity index (χ0v) is 10.6. The van der Waals surface area contributed by atoms with Crippen molar-refractivity contribution in [1.82, 2.24) is 4.98 Å². The molecular weight excluding hydrogens is 253 g/mol. The van der Waals surface area contributed by atoms with Crippen LogP contribution in [-0.4, -0.2) is 17.9 Å². The Balaban J connectivity index is 2.23. The van der Waals surface area contributed by atoms with Gasteiger partial charge >= 0.3 is 0 Å². The minimum Gasteiger partial charge on any atom is -0.325 e. The standard InChI is InChI=1S/C12H12FN3OS/c1-16(9-4-2-3-8(13)5-9)12(17)10-7-18-11(6-14)15-10/h2-5,7H,6,14H2,1H3. The molecule has 18 heavy (non-hydrogen) atoms. The van der Waals surface area contributed by atoms with Gasteiger partial charge in [0, 0.05) is 24.7 Å². The summed E-state index contributed by atoms with van der Waals surface area (Å²) in [7, 11) is 1.58. The Morgan fingerprint density at radius 2 is 2.33 bits per heavy atom. The van der Waals surface area contributed by atoms with Crippen molar-refractivity contribution in [2.24, 2.45) is 5.73 Å². The van der Waals surface area contributed by atoms with Crippen molar-refractivity contribution in [2.75, 3.05) is 11.9 Å². The zero-order valence-electron chi connectivity index (χ0n) is 9.76. The Morgan fingerprint density at radius 1 is 1.56 bits per heavy atom. The molecule has 1 aromatic carbocycles. The summed E-state index contributed by atoms with van der Waals surface area (Å²) in [6.45, 7) is 0.307. The van der Waals surface area contributed by atoms with E-state index in [1.807, 2.05) is 0 Å². The Hall–Kier alpha value is -1.79. The van der Waals surface area contributed by atoms with Crippen molar-refractivity contribution in [2.45, 2.75) is 6.54 Å². The minimum absolute atomic E-state index is 0.281. The molecule has 0 aliphatic heterocycles. The highest BCUT2D eigenvalue weighted by Gasteiger charge is 2.16.